The second kappa shape index (κ2) is 4.88. The molecule has 3 heterocycles. The van der Waals surface area contributed by atoms with Crippen LogP contribution in [0.15, 0.2) is 6.07 Å². The summed E-state index contributed by atoms with van der Waals surface area (Å²) in [5.41, 5.74) is 10.8. The molecule has 0 bridgehead atoms. The van der Waals surface area contributed by atoms with Gasteiger partial charge in [0.15, 0.2) is 0 Å². The van der Waals surface area contributed by atoms with Crippen LogP contribution in [0, 0.1) is 6.92 Å². The molecule has 0 amide bonds. The molecule has 0 spiro atoms. The predicted molar refractivity (Wildman–Crippen MR) is 81.9 cm³/mol. The second-order valence-corrected chi connectivity index (χ2v) is 7.01. The van der Waals surface area contributed by atoms with E-state index in [4.69, 9.17) is 5.73 Å². The van der Waals surface area contributed by atoms with Crippen LogP contribution in [0.25, 0.3) is 0 Å². The highest BCUT2D eigenvalue weighted by molar-refractivity contribution is 5.33. The molecule has 1 aromatic heterocycles. The molecule has 3 unspecified atom stereocenters. The minimum atomic E-state index is 0.280. The van der Waals surface area contributed by atoms with Crippen LogP contribution in [0.5, 0.6) is 0 Å². The summed E-state index contributed by atoms with van der Waals surface area (Å²) in [6.45, 7) is 4.91. The summed E-state index contributed by atoms with van der Waals surface area (Å²) in [7, 11) is 0. The smallest absolute Gasteiger partial charge is 0.0503 e. The third-order valence-electron chi connectivity index (χ3n) is 5.85. The SMILES string of the molecule is Cc1cc2c(n1C1CCN3CCCCC13)CCCC2N. The van der Waals surface area contributed by atoms with Gasteiger partial charge in [-0.2, -0.15) is 0 Å². The maximum atomic E-state index is 6.34. The maximum Gasteiger partial charge on any atom is 0.0503 e. The Morgan fingerprint density at radius 3 is 2.85 bits per heavy atom. The van der Waals surface area contributed by atoms with E-state index < -0.39 is 0 Å². The first-order chi connectivity index (χ1) is 9.75. The van der Waals surface area contributed by atoms with E-state index in [1.807, 2.05) is 0 Å². The highest BCUT2D eigenvalue weighted by Gasteiger charge is 2.38. The van der Waals surface area contributed by atoms with Gasteiger partial charge in [-0.05, 0) is 63.6 Å². The van der Waals surface area contributed by atoms with Gasteiger partial charge in [-0.15, -0.1) is 0 Å². The Morgan fingerprint density at radius 1 is 1.05 bits per heavy atom. The molecule has 4 rings (SSSR count). The molecule has 110 valence electrons. The van der Waals surface area contributed by atoms with Gasteiger partial charge in [-0.25, -0.2) is 0 Å². The average Bonchev–Trinajstić information content (AvgIpc) is 3.00. The number of piperidine rings is 1. The van der Waals surface area contributed by atoms with Crippen molar-refractivity contribution in [3.05, 3.63) is 23.0 Å². The van der Waals surface area contributed by atoms with Crippen molar-refractivity contribution in [1.29, 1.82) is 0 Å². The lowest BCUT2D eigenvalue weighted by atomic mass is 9.92. The van der Waals surface area contributed by atoms with Crippen molar-refractivity contribution in [2.24, 2.45) is 5.73 Å². The summed E-state index contributed by atoms with van der Waals surface area (Å²) in [5.74, 6) is 0. The van der Waals surface area contributed by atoms with Crippen molar-refractivity contribution in [2.75, 3.05) is 13.1 Å². The van der Waals surface area contributed by atoms with Crippen LogP contribution in [-0.2, 0) is 6.42 Å². The van der Waals surface area contributed by atoms with Crippen molar-refractivity contribution in [3.8, 4) is 0 Å². The fourth-order valence-corrected chi connectivity index (χ4v) is 4.94. The third-order valence-corrected chi connectivity index (χ3v) is 5.85. The van der Waals surface area contributed by atoms with E-state index in [2.05, 4.69) is 22.5 Å². The summed E-state index contributed by atoms with van der Waals surface area (Å²) in [5, 5.41) is 0. The fraction of sp³-hybridized carbons (Fsp3) is 0.765. The van der Waals surface area contributed by atoms with E-state index in [0.717, 1.165) is 12.5 Å². The maximum absolute atomic E-state index is 6.34. The van der Waals surface area contributed by atoms with Gasteiger partial charge in [0.1, 0.15) is 0 Å². The summed E-state index contributed by atoms with van der Waals surface area (Å²) in [6.07, 6.45) is 9.21. The van der Waals surface area contributed by atoms with E-state index in [1.165, 1.54) is 62.9 Å². The second-order valence-electron chi connectivity index (χ2n) is 7.01. The fourth-order valence-electron chi connectivity index (χ4n) is 4.94. The molecule has 2 N–H and O–H groups in total. The molecular weight excluding hydrogens is 246 g/mol. The zero-order valence-corrected chi connectivity index (χ0v) is 12.6. The number of hydrogen-bond acceptors (Lipinski definition) is 2. The lowest BCUT2D eigenvalue weighted by molar-refractivity contribution is 0.171. The number of rotatable bonds is 1. The Hall–Kier alpha value is -0.800. The highest BCUT2D eigenvalue weighted by Crippen LogP contribution is 2.40. The van der Waals surface area contributed by atoms with Gasteiger partial charge in [0.2, 0.25) is 0 Å². The number of nitrogens with two attached hydrogens (primary N) is 1. The first-order valence-corrected chi connectivity index (χ1v) is 8.46. The van der Waals surface area contributed by atoms with Crippen LogP contribution in [0.4, 0.5) is 0 Å². The number of aromatic nitrogens is 1. The zero-order valence-electron chi connectivity index (χ0n) is 12.6. The van der Waals surface area contributed by atoms with Gasteiger partial charge < -0.3 is 10.3 Å². The molecule has 2 aliphatic heterocycles. The molecular formula is C17H27N3. The monoisotopic (exact) mass is 273 g/mol. The van der Waals surface area contributed by atoms with E-state index in [9.17, 15) is 0 Å². The van der Waals surface area contributed by atoms with Gasteiger partial charge in [-0.3, -0.25) is 4.90 Å². The molecule has 3 heteroatoms. The van der Waals surface area contributed by atoms with Crippen LogP contribution in [-0.4, -0.2) is 28.6 Å². The van der Waals surface area contributed by atoms with Crippen LogP contribution >= 0.6 is 0 Å². The largest absolute Gasteiger partial charge is 0.344 e. The Bertz CT molecular complexity index is 505. The van der Waals surface area contributed by atoms with Gasteiger partial charge in [0.05, 0.1) is 6.04 Å². The molecule has 2 fully saturated rings. The Labute approximate surface area is 122 Å². The van der Waals surface area contributed by atoms with Crippen LogP contribution in [0.3, 0.4) is 0 Å². The standard InChI is InChI=1S/C17H27N3/c1-12-11-13-14(18)5-4-7-15(13)20(12)17-8-10-19-9-3-2-6-16(17)19/h11,14,16-17H,2-10,18H2,1H3. The zero-order chi connectivity index (χ0) is 13.7. The summed E-state index contributed by atoms with van der Waals surface area (Å²) < 4.78 is 2.68. The molecule has 3 aliphatic rings. The van der Waals surface area contributed by atoms with E-state index >= 15 is 0 Å². The predicted octanol–water partition coefficient (Wildman–Crippen LogP) is 2.93. The van der Waals surface area contributed by atoms with Crippen molar-refractivity contribution < 1.29 is 0 Å². The minimum absolute atomic E-state index is 0.280. The number of hydrogen-bond donors (Lipinski definition) is 1. The van der Waals surface area contributed by atoms with E-state index in [-0.39, 0.29) is 6.04 Å². The Morgan fingerprint density at radius 2 is 1.95 bits per heavy atom. The van der Waals surface area contributed by atoms with Gasteiger partial charge in [0, 0.05) is 30.0 Å². The van der Waals surface area contributed by atoms with Gasteiger partial charge in [0.25, 0.3) is 0 Å². The van der Waals surface area contributed by atoms with Crippen LogP contribution in [0.1, 0.15) is 67.6 Å². The molecule has 1 aromatic rings. The number of fused-ring (bicyclic) bond motifs is 2. The highest BCUT2D eigenvalue weighted by atomic mass is 15.2. The lowest BCUT2D eigenvalue weighted by Crippen LogP contribution is -2.38. The minimum Gasteiger partial charge on any atom is -0.344 e. The van der Waals surface area contributed by atoms with Crippen molar-refractivity contribution in [1.82, 2.24) is 9.47 Å². The first-order valence-electron chi connectivity index (χ1n) is 8.46. The average molecular weight is 273 g/mol. The molecule has 3 nitrogen and oxygen atoms in total. The lowest BCUT2D eigenvalue weighted by Gasteiger charge is -2.34. The van der Waals surface area contributed by atoms with E-state index in [1.54, 1.807) is 5.69 Å². The van der Waals surface area contributed by atoms with E-state index in [0.29, 0.717) is 6.04 Å². The third kappa shape index (κ3) is 1.86. The quantitative estimate of drug-likeness (QED) is 0.853. The first kappa shape index (κ1) is 12.9. The Kier molecular flexibility index (Phi) is 3.15. The molecule has 0 aromatic carbocycles. The molecule has 3 atom stereocenters. The molecule has 0 radical (unpaired) electrons. The summed E-state index contributed by atoms with van der Waals surface area (Å²) >= 11 is 0. The molecule has 2 saturated heterocycles. The van der Waals surface area contributed by atoms with Crippen molar-refractivity contribution >= 4 is 0 Å². The van der Waals surface area contributed by atoms with Gasteiger partial charge in [-0.1, -0.05) is 6.42 Å². The number of aryl methyl sites for hydroxylation is 1. The molecule has 1 aliphatic carbocycles. The topological polar surface area (TPSA) is 34.2 Å². The normalized spacial score (nSPS) is 34.0. The Balaban J connectivity index is 1.72. The van der Waals surface area contributed by atoms with Crippen molar-refractivity contribution in [3.63, 3.8) is 0 Å². The summed E-state index contributed by atoms with van der Waals surface area (Å²) in [6, 6.07) is 4.16. The van der Waals surface area contributed by atoms with Crippen LogP contribution in [0.2, 0.25) is 0 Å². The molecule has 0 saturated carbocycles. The number of nitrogens with zero attached hydrogens (tertiary/aromatic N) is 2. The molecule has 20 heavy (non-hydrogen) atoms. The summed E-state index contributed by atoms with van der Waals surface area (Å²) in [4.78, 5) is 2.74. The van der Waals surface area contributed by atoms with Gasteiger partial charge >= 0.3 is 0 Å². The van der Waals surface area contributed by atoms with Crippen LogP contribution < -0.4 is 5.73 Å². The van der Waals surface area contributed by atoms with Crippen molar-refractivity contribution in [2.45, 2.75) is 70.0 Å².